The third-order valence-electron chi connectivity index (χ3n) is 11.3. The van der Waals surface area contributed by atoms with Gasteiger partial charge in [0.15, 0.2) is 0 Å². The third kappa shape index (κ3) is 2.98. The molecule has 3 heterocycles. The van der Waals surface area contributed by atoms with Crippen LogP contribution >= 0.6 is 0 Å². The van der Waals surface area contributed by atoms with E-state index in [9.17, 15) is 15.3 Å². The highest BCUT2D eigenvalue weighted by Gasteiger charge is 2.76. The van der Waals surface area contributed by atoms with E-state index in [1.165, 1.54) is 11.1 Å². The summed E-state index contributed by atoms with van der Waals surface area (Å²) >= 11 is 0. The van der Waals surface area contributed by atoms with Crippen molar-refractivity contribution in [3.63, 3.8) is 0 Å². The third-order valence-corrected chi connectivity index (χ3v) is 11.3. The Balaban J connectivity index is 1.26. The molecule has 0 amide bonds. The van der Waals surface area contributed by atoms with Crippen LogP contribution in [-0.2, 0) is 4.74 Å². The molecule has 198 valence electrons. The summed E-state index contributed by atoms with van der Waals surface area (Å²) in [4.78, 5) is 6.31. The summed E-state index contributed by atoms with van der Waals surface area (Å²) in [6.07, 6.45) is 7.65. The van der Waals surface area contributed by atoms with Crippen LogP contribution in [0.15, 0.2) is 36.5 Å². The van der Waals surface area contributed by atoms with Gasteiger partial charge in [-0.05, 0) is 93.1 Å². The Morgan fingerprint density at radius 1 is 1.03 bits per heavy atom. The summed E-state index contributed by atoms with van der Waals surface area (Å²) in [6, 6.07) is 8.27. The first kappa shape index (κ1) is 24.0. The van der Waals surface area contributed by atoms with Crippen LogP contribution in [0.2, 0.25) is 0 Å². The number of nitrogens with zero attached hydrogens (tertiary/aromatic N) is 2. The summed E-state index contributed by atoms with van der Waals surface area (Å²) in [5.41, 5.74) is 6.18. The first-order valence-corrected chi connectivity index (χ1v) is 13.8. The number of aromatic nitrogens is 1. The number of pyridine rings is 1. The summed E-state index contributed by atoms with van der Waals surface area (Å²) in [6.45, 7) is 2.36. The second-order valence-corrected chi connectivity index (χ2v) is 13.1. The van der Waals surface area contributed by atoms with E-state index < -0.39 is 29.0 Å². The molecule has 9 unspecified atom stereocenters. The monoisotopic (exact) mass is 505 g/mol. The first-order valence-electron chi connectivity index (χ1n) is 13.8. The molecular weight excluding hydrogens is 466 g/mol. The summed E-state index contributed by atoms with van der Waals surface area (Å²) in [5.74, 6) is 0.437. The largest absolute Gasteiger partial charge is 0.390 e. The van der Waals surface area contributed by atoms with Crippen molar-refractivity contribution in [3.05, 3.63) is 42.1 Å². The zero-order valence-corrected chi connectivity index (χ0v) is 22.0. The fraction of sp³-hybridized carbons (Fsp3) is 0.633. The Morgan fingerprint density at radius 2 is 1.84 bits per heavy atom. The van der Waals surface area contributed by atoms with E-state index in [1.807, 2.05) is 31.3 Å². The SMILES string of the molecule is CN(C)C1CC23CCC4(O2)C2CC=C(c5ccc6cc(N)ncc6c5)C2(C)CCC4(O)CC3C(O)C1O. The lowest BCUT2D eigenvalue weighted by molar-refractivity contribution is -0.331. The van der Waals surface area contributed by atoms with Crippen molar-refractivity contribution >= 4 is 22.2 Å². The highest BCUT2D eigenvalue weighted by Crippen LogP contribution is 2.71. The van der Waals surface area contributed by atoms with Gasteiger partial charge < -0.3 is 30.7 Å². The lowest BCUT2D eigenvalue weighted by Crippen LogP contribution is -2.73. The Bertz CT molecular complexity index is 1310. The normalized spacial score (nSPS) is 46.5. The molecule has 2 saturated heterocycles. The summed E-state index contributed by atoms with van der Waals surface area (Å²) < 4.78 is 7.22. The Hall–Kier alpha value is -2.03. The van der Waals surface area contributed by atoms with Crippen molar-refractivity contribution in [1.82, 2.24) is 9.88 Å². The van der Waals surface area contributed by atoms with E-state index in [0.717, 1.165) is 36.5 Å². The van der Waals surface area contributed by atoms with Gasteiger partial charge in [0, 0.05) is 29.5 Å². The number of nitrogen functional groups attached to an aromatic ring is 1. The van der Waals surface area contributed by atoms with E-state index in [4.69, 9.17) is 10.5 Å². The number of aliphatic hydroxyl groups is 3. The zero-order chi connectivity index (χ0) is 26.0. The van der Waals surface area contributed by atoms with Crippen molar-refractivity contribution in [3.8, 4) is 0 Å². The summed E-state index contributed by atoms with van der Waals surface area (Å²) in [5, 5.41) is 36.7. The van der Waals surface area contributed by atoms with Crippen LogP contribution in [0.1, 0.15) is 57.4 Å². The summed E-state index contributed by atoms with van der Waals surface area (Å²) in [7, 11) is 3.92. The molecule has 2 bridgehead atoms. The lowest BCUT2D eigenvalue weighted by atomic mass is 9.51. The van der Waals surface area contributed by atoms with E-state index in [1.54, 1.807) is 0 Å². The first-order chi connectivity index (χ1) is 17.5. The molecule has 2 spiro atoms. The van der Waals surface area contributed by atoms with Crippen LogP contribution in [0.25, 0.3) is 16.3 Å². The van der Waals surface area contributed by atoms with Crippen LogP contribution in [0.3, 0.4) is 0 Å². The number of rotatable bonds is 2. The topological polar surface area (TPSA) is 112 Å². The van der Waals surface area contributed by atoms with Gasteiger partial charge in [0.1, 0.15) is 11.4 Å². The van der Waals surface area contributed by atoms with E-state index in [2.05, 4.69) is 36.2 Å². The van der Waals surface area contributed by atoms with Crippen molar-refractivity contribution in [1.29, 1.82) is 0 Å². The predicted molar refractivity (Wildman–Crippen MR) is 143 cm³/mol. The number of likely N-dealkylation sites (N-methyl/N-ethyl adjacent to an activating group) is 1. The number of fused-ring (bicyclic) bond motifs is 2. The van der Waals surface area contributed by atoms with Crippen molar-refractivity contribution < 1.29 is 20.1 Å². The predicted octanol–water partition coefficient (Wildman–Crippen LogP) is 3.12. The van der Waals surface area contributed by atoms with Gasteiger partial charge in [-0.1, -0.05) is 25.1 Å². The Morgan fingerprint density at radius 3 is 2.62 bits per heavy atom. The van der Waals surface area contributed by atoms with Gasteiger partial charge in [0.2, 0.25) is 0 Å². The van der Waals surface area contributed by atoms with Crippen LogP contribution in [0, 0.1) is 17.3 Å². The van der Waals surface area contributed by atoms with Crippen LogP contribution in [-0.4, -0.2) is 74.4 Å². The maximum atomic E-state index is 12.3. The average molecular weight is 506 g/mol. The van der Waals surface area contributed by atoms with Gasteiger partial charge in [0.05, 0.1) is 23.4 Å². The molecule has 9 atom stereocenters. The molecular formula is C30H39N3O4. The molecule has 4 fully saturated rings. The molecule has 1 aromatic carbocycles. The van der Waals surface area contributed by atoms with E-state index in [-0.39, 0.29) is 23.3 Å². The van der Waals surface area contributed by atoms with E-state index in [0.29, 0.717) is 25.1 Å². The standard InChI is InChI=1S/C30H39N3O4/c1-27-8-10-29(36)14-21-25(34)26(35)22(33(2)3)15-28(21)9-11-30(29,37-28)23(27)7-6-20(27)18-5-4-17-13-24(31)32-16-19(17)12-18/h4-6,12-13,16,21-23,25-26,34-36H,7-11,14-15H2,1-3H3,(H2,31,32). The van der Waals surface area contributed by atoms with Crippen molar-refractivity contribution in [2.75, 3.05) is 19.8 Å². The van der Waals surface area contributed by atoms with Gasteiger partial charge in [-0.15, -0.1) is 0 Å². The molecule has 3 aliphatic carbocycles. The Labute approximate surface area is 218 Å². The average Bonchev–Trinajstić information content (AvgIpc) is 3.39. The van der Waals surface area contributed by atoms with Crippen molar-refractivity contribution in [2.24, 2.45) is 17.3 Å². The second kappa shape index (κ2) is 7.54. The minimum absolute atomic E-state index is 0.118. The quantitative estimate of drug-likeness (QED) is 0.496. The molecule has 0 radical (unpaired) electrons. The number of hydrogen-bond acceptors (Lipinski definition) is 7. The lowest BCUT2D eigenvalue weighted by Gasteiger charge is -2.65. The molecule has 2 saturated carbocycles. The fourth-order valence-electron chi connectivity index (χ4n) is 9.38. The Kier molecular flexibility index (Phi) is 4.90. The molecule has 5 N–H and O–H groups in total. The number of nitrogens with two attached hydrogens (primary N) is 1. The number of benzene rings is 1. The van der Waals surface area contributed by atoms with Gasteiger partial charge in [-0.2, -0.15) is 0 Å². The smallest absolute Gasteiger partial charge is 0.123 e. The van der Waals surface area contributed by atoms with Crippen LogP contribution in [0.4, 0.5) is 5.82 Å². The molecule has 2 aromatic rings. The number of ether oxygens (including phenoxy) is 1. The van der Waals surface area contributed by atoms with Crippen LogP contribution < -0.4 is 5.73 Å². The molecule has 7 heteroatoms. The fourth-order valence-corrected chi connectivity index (χ4v) is 9.38. The second-order valence-electron chi connectivity index (χ2n) is 13.1. The van der Waals surface area contributed by atoms with E-state index >= 15 is 0 Å². The van der Waals surface area contributed by atoms with Gasteiger partial charge in [0.25, 0.3) is 0 Å². The number of allylic oxidation sites excluding steroid dienone is 2. The van der Waals surface area contributed by atoms with Crippen molar-refractivity contribution in [2.45, 2.75) is 86.9 Å². The van der Waals surface area contributed by atoms with Gasteiger partial charge >= 0.3 is 0 Å². The molecule has 5 aliphatic rings. The minimum atomic E-state index is -0.998. The molecule has 2 aliphatic heterocycles. The molecule has 7 rings (SSSR count). The maximum absolute atomic E-state index is 12.3. The minimum Gasteiger partial charge on any atom is -0.390 e. The zero-order valence-electron chi connectivity index (χ0n) is 22.0. The van der Waals surface area contributed by atoms with Gasteiger partial charge in [-0.3, -0.25) is 0 Å². The highest BCUT2D eigenvalue weighted by atomic mass is 16.6. The number of aliphatic hydroxyl groups excluding tert-OH is 2. The molecule has 1 aromatic heterocycles. The molecule has 7 nitrogen and oxygen atoms in total. The number of hydrogen-bond donors (Lipinski definition) is 4. The highest BCUT2D eigenvalue weighted by molar-refractivity contribution is 5.88. The number of anilines is 1. The van der Waals surface area contributed by atoms with Crippen LogP contribution in [0.5, 0.6) is 0 Å². The van der Waals surface area contributed by atoms with Gasteiger partial charge in [-0.25, -0.2) is 4.98 Å². The maximum Gasteiger partial charge on any atom is 0.123 e. The molecule has 37 heavy (non-hydrogen) atoms.